The molecule has 1 saturated heterocycles. The lowest BCUT2D eigenvalue weighted by Gasteiger charge is -2.26. The van der Waals surface area contributed by atoms with Gasteiger partial charge >= 0.3 is 0 Å². The third kappa shape index (κ3) is 3.56. The van der Waals surface area contributed by atoms with Crippen LogP contribution in [0.5, 0.6) is 11.5 Å². The molecule has 32 heavy (non-hydrogen) atoms. The summed E-state index contributed by atoms with van der Waals surface area (Å²) in [4.78, 5) is 31.4. The fraction of sp³-hybridized carbons (Fsp3) is 0.125. The number of pyridine rings is 1. The minimum Gasteiger partial charge on any atom is -0.507 e. The minimum atomic E-state index is -0.996. The Morgan fingerprint density at radius 3 is 2.47 bits per heavy atom. The average molecular weight is 451 g/mol. The number of carbonyl (C=O) groups excluding carboxylic acids is 2. The number of hydrogen-bond donors (Lipinski definition) is 2. The number of aromatic nitrogens is 1. The van der Waals surface area contributed by atoms with Crippen molar-refractivity contribution < 1.29 is 24.5 Å². The zero-order valence-electron chi connectivity index (χ0n) is 17.2. The van der Waals surface area contributed by atoms with E-state index in [1.807, 2.05) is 0 Å². The van der Waals surface area contributed by atoms with E-state index in [0.717, 1.165) is 4.90 Å². The second kappa shape index (κ2) is 8.36. The van der Waals surface area contributed by atoms with Gasteiger partial charge in [-0.05, 0) is 66.6 Å². The maximum atomic E-state index is 13.2. The van der Waals surface area contributed by atoms with E-state index >= 15 is 0 Å². The van der Waals surface area contributed by atoms with Crippen LogP contribution in [0.4, 0.5) is 5.69 Å². The monoisotopic (exact) mass is 450 g/mol. The summed E-state index contributed by atoms with van der Waals surface area (Å²) in [6.45, 7) is 1.76. The summed E-state index contributed by atoms with van der Waals surface area (Å²) in [5, 5.41) is 21.9. The summed E-state index contributed by atoms with van der Waals surface area (Å²) in [6.07, 6.45) is 3.04. The molecule has 2 N–H and O–H groups in total. The van der Waals surface area contributed by atoms with Gasteiger partial charge in [0.05, 0.1) is 24.4 Å². The normalized spacial score (nSPS) is 17.6. The van der Waals surface area contributed by atoms with Crippen molar-refractivity contribution >= 4 is 34.7 Å². The molecule has 1 aromatic heterocycles. The number of amides is 1. The third-order valence-corrected chi connectivity index (χ3v) is 5.59. The van der Waals surface area contributed by atoms with Crippen LogP contribution in [0.2, 0.25) is 5.02 Å². The minimum absolute atomic E-state index is 0.0620. The first-order valence-electron chi connectivity index (χ1n) is 9.68. The number of carbonyl (C=O) groups is 2. The molecule has 1 unspecified atom stereocenters. The number of phenolic OH excluding ortho intramolecular Hbond substituents is 1. The van der Waals surface area contributed by atoms with E-state index in [1.165, 1.54) is 37.7 Å². The van der Waals surface area contributed by atoms with Gasteiger partial charge in [-0.2, -0.15) is 0 Å². The number of methoxy groups -OCH3 is 1. The molecule has 1 aliphatic rings. The van der Waals surface area contributed by atoms with Gasteiger partial charge in [0.15, 0.2) is 0 Å². The molecule has 7 nitrogen and oxygen atoms in total. The molecule has 0 bridgehead atoms. The van der Waals surface area contributed by atoms with Crippen LogP contribution in [0.1, 0.15) is 22.7 Å². The largest absolute Gasteiger partial charge is 0.507 e. The number of hydrogen-bond acceptors (Lipinski definition) is 6. The van der Waals surface area contributed by atoms with Crippen molar-refractivity contribution in [1.82, 2.24) is 4.98 Å². The SMILES string of the molecule is COc1ccc(/C(O)=C2/C(=O)C(=O)N(c3cc(Cl)ccc3O)C2c2ccncc2)c(C)c1. The molecule has 0 saturated carbocycles. The molecule has 8 heteroatoms. The van der Waals surface area contributed by atoms with Gasteiger partial charge in [-0.3, -0.25) is 19.5 Å². The zero-order valence-corrected chi connectivity index (χ0v) is 18.0. The number of Topliss-reactive ketones (excluding diaryl/α,β-unsaturated/α-hetero) is 1. The molecule has 1 amide bonds. The molecule has 2 heterocycles. The van der Waals surface area contributed by atoms with Crippen molar-refractivity contribution in [2.24, 2.45) is 0 Å². The number of aromatic hydroxyl groups is 1. The first kappa shape index (κ1) is 21.4. The van der Waals surface area contributed by atoms with Crippen molar-refractivity contribution in [3.63, 3.8) is 0 Å². The van der Waals surface area contributed by atoms with E-state index in [-0.39, 0.29) is 27.8 Å². The molecule has 1 atom stereocenters. The van der Waals surface area contributed by atoms with Crippen molar-refractivity contribution in [3.8, 4) is 11.5 Å². The second-order valence-electron chi connectivity index (χ2n) is 7.26. The number of aryl methyl sites for hydroxylation is 1. The van der Waals surface area contributed by atoms with E-state index in [2.05, 4.69) is 4.98 Å². The molecule has 0 spiro atoms. The molecule has 2 aromatic carbocycles. The van der Waals surface area contributed by atoms with Crippen LogP contribution in [-0.4, -0.2) is 34.0 Å². The van der Waals surface area contributed by atoms with Gasteiger partial charge in [-0.15, -0.1) is 0 Å². The summed E-state index contributed by atoms with van der Waals surface area (Å²) in [7, 11) is 1.53. The summed E-state index contributed by atoms with van der Waals surface area (Å²) in [5.74, 6) is -1.73. The number of rotatable bonds is 4. The van der Waals surface area contributed by atoms with Crippen LogP contribution in [0.15, 0.2) is 66.5 Å². The Balaban J connectivity index is 1.97. The van der Waals surface area contributed by atoms with Crippen LogP contribution in [-0.2, 0) is 9.59 Å². The first-order chi connectivity index (χ1) is 15.3. The summed E-state index contributed by atoms with van der Waals surface area (Å²) in [6, 6.07) is 11.5. The Morgan fingerprint density at radius 2 is 1.81 bits per heavy atom. The lowest BCUT2D eigenvalue weighted by atomic mass is 9.94. The number of halogens is 1. The van der Waals surface area contributed by atoms with Gasteiger partial charge in [0.25, 0.3) is 11.7 Å². The topological polar surface area (TPSA) is 100.0 Å². The number of aliphatic hydroxyl groups excluding tert-OH is 1. The lowest BCUT2D eigenvalue weighted by Crippen LogP contribution is -2.29. The first-order valence-corrected chi connectivity index (χ1v) is 10.1. The Hall–Kier alpha value is -3.84. The Labute approximate surface area is 189 Å². The van der Waals surface area contributed by atoms with Crippen molar-refractivity contribution in [1.29, 1.82) is 0 Å². The van der Waals surface area contributed by atoms with E-state index in [9.17, 15) is 19.8 Å². The zero-order chi connectivity index (χ0) is 23.0. The maximum absolute atomic E-state index is 13.2. The Kier molecular flexibility index (Phi) is 5.59. The van der Waals surface area contributed by atoms with Gasteiger partial charge in [0.2, 0.25) is 0 Å². The number of nitrogens with zero attached hydrogens (tertiary/aromatic N) is 2. The van der Waals surface area contributed by atoms with Gasteiger partial charge in [0, 0.05) is 23.0 Å². The quantitative estimate of drug-likeness (QED) is 0.347. The van der Waals surface area contributed by atoms with Gasteiger partial charge in [0.1, 0.15) is 17.3 Å². The number of anilines is 1. The number of benzene rings is 2. The molecular formula is C24H19ClN2O5. The molecule has 1 fully saturated rings. The van der Waals surface area contributed by atoms with Crippen LogP contribution < -0.4 is 9.64 Å². The standard InChI is InChI=1S/C24H19ClN2O5/c1-13-11-16(32-2)4-5-17(13)22(29)20-21(14-7-9-26-10-8-14)27(24(31)23(20)30)18-12-15(25)3-6-19(18)28/h3-12,21,28-29H,1-2H3/b22-20-. The molecule has 4 rings (SSSR count). The van der Waals surface area contributed by atoms with E-state index in [4.69, 9.17) is 16.3 Å². The fourth-order valence-corrected chi connectivity index (χ4v) is 3.97. The highest BCUT2D eigenvalue weighted by atomic mass is 35.5. The number of aliphatic hydroxyl groups is 1. The third-order valence-electron chi connectivity index (χ3n) is 5.35. The Morgan fingerprint density at radius 1 is 1.09 bits per heavy atom. The van der Waals surface area contributed by atoms with Crippen LogP contribution in [0, 0.1) is 6.92 Å². The highest BCUT2D eigenvalue weighted by Crippen LogP contribution is 2.45. The summed E-state index contributed by atoms with van der Waals surface area (Å²) < 4.78 is 5.21. The van der Waals surface area contributed by atoms with Gasteiger partial charge in [-0.25, -0.2) is 0 Å². The fourth-order valence-electron chi connectivity index (χ4n) is 3.81. The molecule has 0 radical (unpaired) electrons. The highest BCUT2D eigenvalue weighted by Gasteiger charge is 2.47. The molecule has 162 valence electrons. The summed E-state index contributed by atoms with van der Waals surface area (Å²) in [5.41, 5.74) is 1.54. The van der Waals surface area contributed by atoms with E-state index in [1.54, 1.807) is 37.3 Å². The van der Waals surface area contributed by atoms with E-state index in [0.29, 0.717) is 22.4 Å². The molecular weight excluding hydrogens is 432 g/mol. The lowest BCUT2D eigenvalue weighted by molar-refractivity contribution is -0.132. The summed E-state index contributed by atoms with van der Waals surface area (Å²) >= 11 is 6.10. The molecule has 0 aliphatic carbocycles. The number of ketones is 1. The van der Waals surface area contributed by atoms with Crippen LogP contribution in [0.25, 0.3) is 5.76 Å². The number of phenols is 1. The highest BCUT2D eigenvalue weighted by molar-refractivity contribution is 6.52. The predicted octanol–water partition coefficient (Wildman–Crippen LogP) is 4.38. The van der Waals surface area contributed by atoms with Crippen molar-refractivity contribution in [3.05, 3.63) is 88.2 Å². The van der Waals surface area contributed by atoms with Crippen LogP contribution in [0.3, 0.4) is 0 Å². The maximum Gasteiger partial charge on any atom is 0.300 e. The predicted molar refractivity (Wildman–Crippen MR) is 120 cm³/mol. The van der Waals surface area contributed by atoms with Crippen molar-refractivity contribution in [2.75, 3.05) is 12.0 Å². The molecule has 3 aromatic rings. The smallest absolute Gasteiger partial charge is 0.300 e. The Bertz CT molecular complexity index is 1260. The average Bonchev–Trinajstić information content (AvgIpc) is 3.06. The van der Waals surface area contributed by atoms with Gasteiger partial charge in [-0.1, -0.05) is 11.6 Å². The van der Waals surface area contributed by atoms with Crippen LogP contribution >= 0.6 is 11.6 Å². The van der Waals surface area contributed by atoms with Crippen molar-refractivity contribution in [2.45, 2.75) is 13.0 Å². The van der Waals surface area contributed by atoms with E-state index < -0.39 is 17.7 Å². The molecule has 1 aliphatic heterocycles. The number of ether oxygens (including phenoxy) is 1. The second-order valence-corrected chi connectivity index (χ2v) is 7.70. The van der Waals surface area contributed by atoms with Gasteiger partial charge < -0.3 is 14.9 Å².